The molecule has 1 atom stereocenters. The molecule has 2 fully saturated rings. The molecule has 35 heavy (non-hydrogen) atoms. The fraction of sp³-hybridized carbons (Fsp3) is 0.500. The van der Waals surface area contributed by atoms with Gasteiger partial charge in [0.05, 0.1) is 16.8 Å². The predicted octanol–water partition coefficient (Wildman–Crippen LogP) is 4.51. The maximum atomic E-state index is 12.4. The molecule has 5 rings (SSSR count). The molecule has 2 aliphatic rings. The second-order valence-corrected chi connectivity index (χ2v) is 13.3. The summed E-state index contributed by atoms with van der Waals surface area (Å²) in [5.74, 6) is -0.0781. The average molecular weight is 515 g/mol. The Morgan fingerprint density at radius 3 is 2.60 bits per heavy atom. The van der Waals surface area contributed by atoms with E-state index in [9.17, 15) is 13.2 Å². The second-order valence-electron chi connectivity index (χ2n) is 9.86. The van der Waals surface area contributed by atoms with E-state index in [2.05, 4.69) is 35.0 Å². The molecule has 9 heteroatoms. The number of rotatable bonds is 7. The number of carbonyl (C=O) groups excluding carboxylic acids is 1. The van der Waals surface area contributed by atoms with Crippen molar-refractivity contribution in [2.45, 2.75) is 58.0 Å². The van der Waals surface area contributed by atoms with E-state index in [1.165, 1.54) is 17.7 Å². The molecule has 4 heterocycles. The third-order valence-corrected chi connectivity index (χ3v) is 10.7. The van der Waals surface area contributed by atoms with Crippen molar-refractivity contribution in [3.05, 3.63) is 46.5 Å². The van der Waals surface area contributed by atoms with Crippen molar-refractivity contribution >= 4 is 38.2 Å². The molecule has 1 amide bonds. The summed E-state index contributed by atoms with van der Waals surface area (Å²) in [5.41, 5.74) is 9.20. The minimum Gasteiger partial charge on any atom is -0.366 e. The van der Waals surface area contributed by atoms with Gasteiger partial charge in [0.1, 0.15) is 0 Å². The number of hydrogen-bond donors (Lipinski definition) is 2. The first kappa shape index (κ1) is 24.5. The molecule has 188 valence electrons. The number of fused-ring (bicyclic) bond motifs is 1. The van der Waals surface area contributed by atoms with Crippen LogP contribution in [0.1, 0.15) is 66.2 Å². The van der Waals surface area contributed by atoms with E-state index in [4.69, 9.17) is 5.73 Å². The van der Waals surface area contributed by atoms with E-state index in [1.54, 1.807) is 22.6 Å². The van der Waals surface area contributed by atoms with Gasteiger partial charge in [-0.2, -0.15) is 0 Å². The third-order valence-electron chi connectivity index (χ3n) is 7.73. The highest BCUT2D eigenvalue weighted by Crippen LogP contribution is 2.39. The predicted molar refractivity (Wildman–Crippen MR) is 142 cm³/mol. The molecule has 1 aromatic carbocycles. The van der Waals surface area contributed by atoms with Crippen LogP contribution in [0.5, 0.6) is 0 Å². The minimum atomic E-state index is -3.16. The summed E-state index contributed by atoms with van der Waals surface area (Å²) >= 11 is 1.78. The molecule has 0 spiro atoms. The molecule has 2 aromatic heterocycles. The Balaban J connectivity index is 1.45. The number of aromatic amines is 1. The van der Waals surface area contributed by atoms with Gasteiger partial charge in [-0.3, -0.25) is 9.69 Å². The lowest BCUT2D eigenvalue weighted by Gasteiger charge is -2.31. The highest BCUT2D eigenvalue weighted by molar-refractivity contribution is 7.89. The third kappa shape index (κ3) is 4.79. The van der Waals surface area contributed by atoms with Gasteiger partial charge in [-0.1, -0.05) is 0 Å². The number of nitrogens with one attached hydrogen (secondary N) is 1. The normalized spacial score (nSPS) is 20.7. The number of nitrogens with two attached hydrogens (primary N) is 1. The van der Waals surface area contributed by atoms with Crippen molar-refractivity contribution in [1.29, 1.82) is 0 Å². The van der Waals surface area contributed by atoms with Crippen LogP contribution in [-0.4, -0.2) is 59.9 Å². The number of carbonyl (C=O) groups is 1. The molecule has 2 aliphatic heterocycles. The molecule has 0 bridgehead atoms. The first-order valence-electron chi connectivity index (χ1n) is 12.5. The fourth-order valence-corrected chi connectivity index (χ4v) is 7.75. The fourth-order valence-electron chi connectivity index (χ4n) is 5.60. The zero-order valence-corrected chi connectivity index (χ0v) is 22.1. The lowest BCUT2D eigenvalue weighted by atomic mass is 9.89. The summed E-state index contributed by atoms with van der Waals surface area (Å²) in [4.78, 5) is 20.6. The zero-order valence-electron chi connectivity index (χ0n) is 20.4. The average Bonchev–Trinajstić information content (AvgIpc) is 3.59. The molecule has 3 N–H and O–H groups in total. The molecule has 0 saturated carbocycles. The summed E-state index contributed by atoms with van der Waals surface area (Å²) in [7, 11) is -3.16. The highest BCUT2D eigenvalue weighted by atomic mass is 32.2. The van der Waals surface area contributed by atoms with E-state index in [-0.39, 0.29) is 11.7 Å². The van der Waals surface area contributed by atoms with E-state index >= 15 is 0 Å². The van der Waals surface area contributed by atoms with Crippen molar-refractivity contribution < 1.29 is 13.2 Å². The number of primary amides is 1. The minimum absolute atomic E-state index is 0.134. The quantitative estimate of drug-likeness (QED) is 0.485. The Hall–Kier alpha value is -2.20. The van der Waals surface area contributed by atoms with E-state index in [1.807, 2.05) is 12.3 Å². The lowest BCUT2D eigenvalue weighted by Crippen LogP contribution is -2.38. The molecule has 0 radical (unpaired) electrons. The van der Waals surface area contributed by atoms with Crippen LogP contribution < -0.4 is 5.73 Å². The summed E-state index contributed by atoms with van der Waals surface area (Å²) < 4.78 is 26.2. The smallest absolute Gasteiger partial charge is 0.250 e. The second kappa shape index (κ2) is 9.69. The van der Waals surface area contributed by atoms with Crippen LogP contribution in [-0.2, 0) is 16.6 Å². The molecule has 7 nitrogen and oxygen atoms in total. The Bertz CT molecular complexity index is 1340. The van der Waals surface area contributed by atoms with E-state index < -0.39 is 15.9 Å². The molecule has 1 unspecified atom stereocenters. The lowest BCUT2D eigenvalue weighted by molar-refractivity contribution is 0.100. The van der Waals surface area contributed by atoms with E-state index in [0.717, 1.165) is 52.8 Å². The Morgan fingerprint density at radius 2 is 1.94 bits per heavy atom. The molecule has 3 aromatic rings. The van der Waals surface area contributed by atoms with Gasteiger partial charge in [-0.15, -0.1) is 11.3 Å². The topological polar surface area (TPSA) is 99.5 Å². The number of sulfonamides is 1. The van der Waals surface area contributed by atoms with Gasteiger partial charge in [0.2, 0.25) is 10.0 Å². The number of aromatic nitrogens is 1. The summed E-state index contributed by atoms with van der Waals surface area (Å²) in [5, 5.41) is 1.01. The number of H-pyrrole nitrogens is 1. The number of piperidine rings is 1. The number of thiophene rings is 1. The van der Waals surface area contributed by atoms with Gasteiger partial charge >= 0.3 is 0 Å². The van der Waals surface area contributed by atoms with Crippen LogP contribution in [0.3, 0.4) is 0 Å². The van der Waals surface area contributed by atoms with Crippen LogP contribution in [0.15, 0.2) is 30.5 Å². The highest BCUT2D eigenvalue weighted by Gasteiger charge is 2.29. The Morgan fingerprint density at radius 1 is 1.17 bits per heavy atom. The molecular formula is C26H34N4O3S2. The van der Waals surface area contributed by atoms with Gasteiger partial charge in [-0.05, 0) is 87.4 Å². The molecule has 2 saturated heterocycles. The number of benzene rings is 1. The van der Waals surface area contributed by atoms with Gasteiger partial charge in [0.15, 0.2) is 0 Å². The van der Waals surface area contributed by atoms with Crippen LogP contribution in [0, 0.1) is 0 Å². The number of hydrogen-bond acceptors (Lipinski definition) is 5. The number of amides is 1. The molecule has 0 aliphatic carbocycles. The van der Waals surface area contributed by atoms with Gasteiger partial charge < -0.3 is 10.7 Å². The van der Waals surface area contributed by atoms with Crippen molar-refractivity contribution in [2.24, 2.45) is 5.73 Å². The first-order valence-corrected chi connectivity index (χ1v) is 14.9. The van der Waals surface area contributed by atoms with Gasteiger partial charge in [-0.25, -0.2) is 12.7 Å². The van der Waals surface area contributed by atoms with Crippen molar-refractivity contribution in [3.63, 3.8) is 0 Å². The van der Waals surface area contributed by atoms with Crippen LogP contribution in [0.25, 0.3) is 21.3 Å². The van der Waals surface area contributed by atoms with Gasteiger partial charge in [0, 0.05) is 47.0 Å². The number of nitrogens with zero attached hydrogens (tertiary/aromatic N) is 2. The maximum Gasteiger partial charge on any atom is 0.250 e. The SMILES string of the molecule is CCS(=O)(=O)N1CCC(c2c[nH]c3c(C(N)=O)cc(-c4ccc(CN5CCCC5C)s4)cc23)CC1. The van der Waals surface area contributed by atoms with Crippen LogP contribution in [0.2, 0.25) is 0 Å². The largest absolute Gasteiger partial charge is 0.366 e. The monoisotopic (exact) mass is 514 g/mol. The first-order chi connectivity index (χ1) is 16.8. The van der Waals surface area contributed by atoms with Gasteiger partial charge in [0.25, 0.3) is 5.91 Å². The number of likely N-dealkylation sites (tertiary alicyclic amines) is 1. The van der Waals surface area contributed by atoms with Crippen molar-refractivity contribution in [1.82, 2.24) is 14.2 Å². The standard InChI is InChI=1S/C26H34N4O3S2/c1-3-35(32,33)30-11-8-18(9-12-30)23-15-28-25-21(23)13-19(14-22(25)26(27)31)24-7-6-20(34-24)16-29-10-4-5-17(29)2/h6-7,13-15,17-18,28H,3-5,8-12,16H2,1-2H3,(H2,27,31). The Kier molecular flexibility index (Phi) is 6.78. The van der Waals surface area contributed by atoms with Crippen molar-refractivity contribution in [3.8, 4) is 10.4 Å². The summed E-state index contributed by atoms with van der Waals surface area (Å²) in [6.45, 7) is 7.15. The summed E-state index contributed by atoms with van der Waals surface area (Å²) in [6.07, 6.45) is 6.02. The zero-order chi connectivity index (χ0) is 24.7. The Labute approximate surface area is 211 Å². The van der Waals surface area contributed by atoms with Crippen molar-refractivity contribution in [2.75, 3.05) is 25.4 Å². The maximum absolute atomic E-state index is 12.4. The van der Waals surface area contributed by atoms with Crippen LogP contribution >= 0.6 is 11.3 Å². The summed E-state index contributed by atoms with van der Waals surface area (Å²) in [6, 6.07) is 9.03. The van der Waals surface area contributed by atoms with E-state index in [0.29, 0.717) is 24.7 Å². The van der Waals surface area contributed by atoms with Crippen LogP contribution in [0.4, 0.5) is 0 Å². The molecular weight excluding hydrogens is 480 g/mol.